The number of fused-ring (bicyclic) bond motifs is 1. The molecule has 40 heavy (non-hydrogen) atoms. The highest BCUT2D eigenvalue weighted by molar-refractivity contribution is 6.16. The van der Waals surface area contributed by atoms with E-state index in [1.165, 1.54) is 11.0 Å². The zero-order valence-electron chi connectivity index (χ0n) is 22.3. The number of rotatable bonds is 11. The summed E-state index contributed by atoms with van der Waals surface area (Å²) in [6.07, 6.45) is -0.960. The van der Waals surface area contributed by atoms with E-state index in [-0.39, 0.29) is 5.69 Å². The molecule has 0 fully saturated rings. The van der Waals surface area contributed by atoms with Gasteiger partial charge in [0.15, 0.2) is 11.1 Å². The van der Waals surface area contributed by atoms with Crippen LogP contribution in [0.1, 0.15) is 42.7 Å². The van der Waals surface area contributed by atoms with E-state index in [1.54, 1.807) is 98.8 Å². The van der Waals surface area contributed by atoms with E-state index < -0.39 is 53.4 Å². The lowest BCUT2D eigenvalue weighted by atomic mass is 9.76. The maximum atomic E-state index is 14.1. The number of aromatic amines is 1. The van der Waals surface area contributed by atoms with E-state index >= 15 is 0 Å². The molecule has 0 bridgehead atoms. The van der Waals surface area contributed by atoms with E-state index in [4.69, 9.17) is 11.5 Å². The number of ketones is 1. The molecular weight excluding hydrogens is 508 g/mol. The Bertz CT molecular complexity index is 1520. The molecule has 2 amide bonds. The Balaban J connectivity index is 1.75. The molecule has 0 aliphatic heterocycles. The number of amides is 2. The van der Waals surface area contributed by atoms with Gasteiger partial charge < -0.3 is 21.6 Å². The van der Waals surface area contributed by atoms with Crippen molar-refractivity contribution in [2.24, 2.45) is 17.4 Å². The van der Waals surface area contributed by atoms with Crippen molar-refractivity contribution >= 4 is 40.2 Å². The van der Waals surface area contributed by atoms with Crippen molar-refractivity contribution in [1.82, 2.24) is 4.98 Å². The lowest BCUT2D eigenvalue weighted by molar-refractivity contribution is -0.141. The number of benzene rings is 3. The fraction of sp³-hybridized carbons (Fsp3) is 0.226. The van der Waals surface area contributed by atoms with Crippen LogP contribution in [0, 0.1) is 5.92 Å². The van der Waals surface area contributed by atoms with Gasteiger partial charge in [0, 0.05) is 23.0 Å². The molecule has 0 spiro atoms. The second kappa shape index (κ2) is 11.2. The number of anilines is 1. The summed E-state index contributed by atoms with van der Waals surface area (Å²) in [6.45, 7) is 3.57. The fourth-order valence-electron chi connectivity index (χ4n) is 5.24. The quantitative estimate of drug-likeness (QED) is 0.166. The second-order valence-corrected chi connectivity index (χ2v) is 10.1. The molecule has 0 saturated carbocycles. The average molecular weight is 541 g/mol. The summed E-state index contributed by atoms with van der Waals surface area (Å²) in [6, 6.07) is 25.9. The zero-order chi connectivity index (χ0) is 29.1. The predicted molar refractivity (Wildman–Crippen MR) is 152 cm³/mol. The van der Waals surface area contributed by atoms with Crippen molar-refractivity contribution in [2.75, 3.05) is 4.90 Å². The summed E-state index contributed by atoms with van der Waals surface area (Å²) < 4.78 is 0. The molecule has 3 aromatic carbocycles. The maximum Gasteiger partial charge on any atom is 0.331 e. The first-order valence-electron chi connectivity index (χ1n) is 12.9. The molecule has 1 aromatic heterocycles. The van der Waals surface area contributed by atoms with Gasteiger partial charge in [-0.05, 0) is 42.2 Å². The van der Waals surface area contributed by atoms with Gasteiger partial charge in [0.2, 0.25) is 17.6 Å². The van der Waals surface area contributed by atoms with Gasteiger partial charge in [-0.15, -0.1) is 0 Å². The topological polar surface area (TPSA) is 160 Å². The smallest absolute Gasteiger partial charge is 0.331 e. The van der Waals surface area contributed by atoms with Crippen molar-refractivity contribution in [2.45, 2.75) is 37.8 Å². The minimum atomic E-state index is -2.40. The molecule has 2 atom stereocenters. The zero-order valence-corrected chi connectivity index (χ0v) is 22.3. The second-order valence-electron chi connectivity index (χ2n) is 10.1. The molecule has 4 aromatic rings. The number of hydrogen-bond acceptors (Lipinski definition) is 5. The minimum absolute atomic E-state index is 0.0245. The van der Waals surface area contributed by atoms with Gasteiger partial charge in [0.1, 0.15) is 0 Å². The summed E-state index contributed by atoms with van der Waals surface area (Å²) in [7, 11) is 0. The van der Waals surface area contributed by atoms with Crippen LogP contribution in [-0.4, -0.2) is 39.2 Å². The number of carboxylic acids is 1. The van der Waals surface area contributed by atoms with E-state index in [2.05, 4.69) is 4.98 Å². The third-order valence-corrected chi connectivity index (χ3v) is 7.34. The number of hydrogen-bond donors (Lipinski definition) is 4. The Labute approximate surface area is 231 Å². The summed E-state index contributed by atoms with van der Waals surface area (Å²) in [5, 5.41) is 10.8. The average Bonchev–Trinajstić information content (AvgIpc) is 3.38. The first-order chi connectivity index (χ1) is 19.0. The SMILES string of the molecule is CC(C)C(C(N)=O)(c1ccccc1)N(C(=O)CCC(N)(C(=O)O)C(=O)c1cc2ccccc2[nH]1)c1ccccc1. The molecule has 0 radical (unpaired) electrons. The number of nitrogens with zero attached hydrogens (tertiary/aromatic N) is 1. The molecule has 0 aliphatic rings. The van der Waals surface area contributed by atoms with Crippen molar-refractivity contribution in [3.63, 3.8) is 0 Å². The number of carboxylic acid groups (broad SMARTS) is 1. The van der Waals surface area contributed by atoms with Crippen LogP contribution in [0.4, 0.5) is 5.69 Å². The number of nitrogens with two attached hydrogens (primary N) is 2. The van der Waals surface area contributed by atoms with Gasteiger partial charge in [0.25, 0.3) is 0 Å². The first kappa shape index (κ1) is 28.3. The number of carbonyl (C=O) groups excluding carboxylic acids is 3. The lowest BCUT2D eigenvalue weighted by Gasteiger charge is -2.45. The largest absolute Gasteiger partial charge is 0.480 e. The van der Waals surface area contributed by atoms with Crippen molar-refractivity contribution in [3.05, 3.63) is 102 Å². The van der Waals surface area contributed by atoms with Crippen LogP contribution < -0.4 is 16.4 Å². The van der Waals surface area contributed by atoms with Crippen molar-refractivity contribution < 1.29 is 24.3 Å². The summed E-state index contributed by atoms with van der Waals surface area (Å²) in [5.74, 6) is -4.27. The summed E-state index contributed by atoms with van der Waals surface area (Å²) >= 11 is 0. The van der Waals surface area contributed by atoms with Crippen LogP contribution in [0.15, 0.2) is 91.0 Å². The lowest BCUT2D eigenvalue weighted by Crippen LogP contribution is -2.61. The van der Waals surface area contributed by atoms with Gasteiger partial charge in [-0.2, -0.15) is 0 Å². The normalized spacial score (nSPS) is 14.3. The summed E-state index contributed by atoms with van der Waals surface area (Å²) in [5.41, 5.74) is 9.85. The third kappa shape index (κ3) is 4.87. The molecular formula is C31H32N4O5. The molecule has 9 nitrogen and oxygen atoms in total. The van der Waals surface area contributed by atoms with E-state index in [1.807, 2.05) is 0 Å². The van der Waals surface area contributed by atoms with E-state index in [0.717, 1.165) is 5.39 Å². The molecule has 1 heterocycles. The van der Waals surface area contributed by atoms with E-state index in [9.17, 15) is 24.3 Å². The molecule has 0 aliphatic carbocycles. The number of aromatic nitrogens is 1. The Kier molecular flexibility index (Phi) is 7.88. The molecule has 0 saturated heterocycles. The van der Waals surface area contributed by atoms with Crippen molar-refractivity contribution in [1.29, 1.82) is 0 Å². The van der Waals surface area contributed by atoms with E-state index in [0.29, 0.717) is 16.8 Å². The standard InChI is InChI=1S/C31H32N4O5/c1-20(2)31(28(32)38,22-12-5-3-6-13-22)35(23-14-7-4-8-15-23)26(36)17-18-30(33,29(39)40)27(37)25-19-21-11-9-10-16-24(21)34-25/h3-16,19-20,34H,17-18,33H2,1-2H3,(H2,32,38)(H,39,40). The number of para-hydroxylation sites is 2. The number of carbonyl (C=O) groups is 4. The Morgan fingerprint density at radius 2 is 1.48 bits per heavy atom. The molecule has 2 unspecified atom stereocenters. The van der Waals surface area contributed by atoms with Crippen LogP contribution in [0.3, 0.4) is 0 Å². The van der Waals surface area contributed by atoms with Gasteiger partial charge in [-0.1, -0.05) is 80.6 Å². The fourth-order valence-corrected chi connectivity index (χ4v) is 5.24. The highest BCUT2D eigenvalue weighted by Gasteiger charge is 2.51. The number of aliphatic carboxylic acids is 1. The van der Waals surface area contributed by atoms with Gasteiger partial charge >= 0.3 is 5.97 Å². The van der Waals surface area contributed by atoms with Crippen LogP contribution in [0.2, 0.25) is 0 Å². The van der Waals surface area contributed by atoms with Gasteiger partial charge in [0.05, 0.1) is 5.69 Å². The maximum absolute atomic E-state index is 14.1. The summed E-state index contributed by atoms with van der Waals surface area (Å²) in [4.78, 5) is 57.5. The number of primary amides is 1. The highest BCUT2D eigenvalue weighted by atomic mass is 16.4. The number of H-pyrrole nitrogens is 1. The van der Waals surface area contributed by atoms with Crippen molar-refractivity contribution in [3.8, 4) is 0 Å². The Morgan fingerprint density at radius 1 is 0.900 bits per heavy atom. The van der Waals surface area contributed by atoms with Crippen LogP contribution in [0.25, 0.3) is 10.9 Å². The molecule has 206 valence electrons. The van der Waals surface area contributed by atoms with Gasteiger partial charge in [-0.3, -0.25) is 19.3 Å². The van der Waals surface area contributed by atoms with Crippen LogP contribution >= 0.6 is 0 Å². The Morgan fingerprint density at radius 3 is 2.02 bits per heavy atom. The number of nitrogens with one attached hydrogen (secondary N) is 1. The highest BCUT2D eigenvalue weighted by Crippen LogP contribution is 2.40. The molecule has 6 N–H and O–H groups in total. The molecule has 4 rings (SSSR count). The molecule has 9 heteroatoms. The Hall–Kier alpha value is -4.76. The van der Waals surface area contributed by atoms with Crippen LogP contribution in [-0.2, 0) is 19.9 Å². The number of Topliss-reactive ketones (excluding diaryl/α,β-unsaturated/α-hetero) is 1. The van der Waals surface area contributed by atoms with Crippen LogP contribution in [0.5, 0.6) is 0 Å². The minimum Gasteiger partial charge on any atom is -0.480 e. The third-order valence-electron chi connectivity index (χ3n) is 7.34. The first-order valence-corrected chi connectivity index (χ1v) is 12.9. The van der Waals surface area contributed by atoms with Gasteiger partial charge in [-0.25, -0.2) is 4.79 Å². The predicted octanol–water partition coefficient (Wildman–Crippen LogP) is 3.98. The monoisotopic (exact) mass is 540 g/mol.